The predicted molar refractivity (Wildman–Crippen MR) is 74.0 cm³/mol. The van der Waals surface area contributed by atoms with E-state index < -0.39 is 17.5 Å². The molecule has 2 rings (SSSR count). The molecule has 3 nitrogen and oxygen atoms in total. The topological polar surface area (TPSA) is 32.3 Å². The summed E-state index contributed by atoms with van der Waals surface area (Å²) in [5, 5.41) is 2.93. The standard InChI is InChI=1S/C14H17ClF2N2O/c1-19(9-3-2-5-18-6-4-9)14(20)10-7-13(17)11(15)8-12(10)16/h7-9,18H,2-6H2,1H3. The number of nitrogens with zero attached hydrogens (tertiary/aromatic N) is 1. The van der Waals surface area contributed by atoms with Crippen molar-refractivity contribution >= 4 is 17.5 Å². The van der Waals surface area contributed by atoms with Crippen molar-refractivity contribution in [3.8, 4) is 0 Å². The maximum Gasteiger partial charge on any atom is 0.256 e. The Hall–Kier alpha value is -1.20. The van der Waals surface area contributed by atoms with E-state index in [2.05, 4.69) is 5.32 Å². The van der Waals surface area contributed by atoms with Crippen LogP contribution >= 0.6 is 11.6 Å². The Morgan fingerprint density at radius 3 is 2.80 bits per heavy atom. The molecule has 1 heterocycles. The zero-order valence-corrected chi connectivity index (χ0v) is 12.0. The summed E-state index contributed by atoms with van der Waals surface area (Å²) < 4.78 is 27.2. The van der Waals surface area contributed by atoms with E-state index in [9.17, 15) is 13.6 Å². The smallest absolute Gasteiger partial charge is 0.256 e. The summed E-state index contributed by atoms with van der Waals surface area (Å²) in [4.78, 5) is 13.8. The van der Waals surface area contributed by atoms with Gasteiger partial charge in [0.2, 0.25) is 0 Å². The molecule has 1 aromatic rings. The van der Waals surface area contributed by atoms with Crippen LogP contribution in [0.2, 0.25) is 5.02 Å². The van der Waals surface area contributed by atoms with E-state index in [1.165, 1.54) is 4.90 Å². The lowest BCUT2D eigenvalue weighted by Gasteiger charge is -2.27. The molecule has 0 aromatic heterocycles. The highest BCUT2D eigenvalue weighted by molar-refractivity contribution is 6.30. The summed E-state index contributed by atoms with van der Waals surface area (Å²) in [6.07, 6.45) is 2.62. The monoisotopic (exact) mass is 302 g/mol. The van der Waals surface area contributed by atoms with Gasteiger partial charge in [-0.3, -0.25) is 4.79 Å². The van der Waals surface area contributed by atoms with Crippen LogP contribution in [0.1, 0.15) is 29.6 Å². The van der Waals surface area contributed by atoms with Gasteiger partial charge in [0.15, 0.2) is 0 Å². The van der Waals surface area contributed by atoms with Gasteiger partial charge in [0.05, 0.1) is 10.6 Å². The van der Waals surface area contributed by atoms with Gasteiger partial charge in [-0.1, -0.05) is 11.6 Å². The van der Waals surface area contributed by atoms with E-state index >= 15 is 0 Å². The fourth-order valence-electron chi connectivity index (χ4n) is 2.43. The van der Waals surface area contributed by atoms with Gasteiger partial charge >= 0.3 is 0 Å². The van der Waals surface area contributed by atoms with Crippen LogP contribution < -0.4 is 5.32 Å². The van der Waals surface area contributed by atoms with Gasteiger partial charge in [-0.2, -0.15) is 0 Å². The molecule has 0 saturated carbocycles. The fourth-order valence-corrected chi connectivity index (χ4v) is 2.58. The zero-order chi connectivity index (χ0) is 14.7. The molecule has 0 radical (unpaired) electrons. The Balaban J connectivity index is 2.19. The molecular formula is C14H17ClF2N2O. The maximum absolute atomic E-state index is 13.8. The summed E-state index contributed by atoms with van der Waals surface area (Å²) in [5.74, 6) is -2.09. The van der Waals surface area contributed by atoms with Crippen LogP contribution in [0, 0.1) is 11.6 Å². The summed E-state index contributed by atoms with van der Waals surface area (Å²) in [6.45, 7) is 1.74. The van der Waals surface area contributed by atoms with Crippen LogP contribution in [-0.2, 0) is 0 Å². The van der Waals surface area contributed by atoms with E-state index in [-0.39, 0.29) is 16.6 Å². The van der Waals surface area contributed by atoms with Gasteiger partial charge in [-0.05, 0) is 44.5 Å². The van der Waals surface area contributed by atoms with E-state index in [0.29, 0.717) is 0 Å². The number of rotatable bonds is 2. The number of amides is 1. The van der Waals surface area contributed by atoms with Crippen molar-refractivity contribution in [2.75, 3.05) is 20.1 Å². The Bertz CT molecular complexity index is 502. The minimum atomic E-state index is -0.792. The molecule has 1 aliphatic heterocycles. The highest BCUT2D eigenvalue weighted by Crippen LogP contribution is 2.22. The van der Waals surface area contributed by atoms with Crippen LogP contribution in [0.3, 0.4) is 0 Å². The van der Waals surface area contributed by atoms with Crippen LogP contribution in [0.4, 0.5) is 8.78 Å². The van der Waals surface area contributed by atoms with Gasteiger partial charge in [-0.25, -0.2) is 8.78 Å². The number of hydrogen-bond donors (Lipinski definition) is 1. The van der Waals surface area contributed by atoms with Crippen molar-refractivity contribution in [2.45, 2.75) is 25.3 Å². The Morgan fingerprint density at radius 2 is 2.05 bits per heavy atom. The van der Waals surface area contributed by atoms with Gasteiger partial charge in [0, 0.05) is 13.1 Å². The van der Waals surface area contributed by atoms with Crippen molar-refractivity contribution in [3.05, 3.63) is 34.4 Å². The number of hydrogen-bond acceptors (Lipinski definition) is 2. The molecule has 1 N–H and O–H groups in total. The Morgan fingerprint density at radius 1 is 1.30 bits per heavy atom. The van der Waals surface area contributed by atoms with E-state index in [1.807, 2.05) is 0 Å². The summed E-state index contributed by atoms with van der Waals surface area (Å²) in [5.41, 5.74) is -0.272. The van der Waals surface area contributed by atoms with E-state index in [4.69, 9.17) is 11.6 Å². The first-order chi connectivity index (χ1) is 9.50. The number of carbonyl (C=O) groups is 1. The highest BCUT2D eigenvalue weighted by atomic mass is 35.5. The number of nitrogens with one attached hydrogen (secondary N) is 1. The van der Waals surface area contributed by atoms with Gasteiger partial charge in [0.25, 0.3) is 5.91 Å². The second-order valence-electron chi connectivity index (χ2n) is 5.00. The minimum Gasteiger partial charge on any atom is -0.339 e. The van der Waals surface area contributed by atoms with Crippen LogP contribution in [-0.4, -0.2) is 37.0 Å². The lowest BCUT2D eigenvalue weighted by Crippen LogP contribution is -2.38. The number of benzene rings is 1. The molecule has 1 unspecified atom stereocenters. The molecule has 6 heteroatoms. The first-order valence-corrected chi connectivity index (χ1v) is 7.01. The largest absolute Gasteiger partial charge is 0.339 e. The average Bonchev–Trinajstić information content (AvgIpc) is 2.70. The second-order valence-corrected chi connectivity index (χ2v) is 5.40. The molecule has 1 aliphatic rings. The van der Waals surface area contributed by atoms with E-state index in [1.54, 1.807) is 7.05 Å². The predicted octanol–water partition coefficient (Wildman–Crippen LogP) is 2.83. The minimum absolute atomic E-state index is 0.0376. The quantitative estimate of drug-likeness (QED) is 0.852. The highest BCUT2D eigenvalue weighted by Gasteiger charge is 2.25. The third-order valence-corrected chi connectivity index (χ3v) is 3.94. The van der Waals surface area contributed by atoms with Gasteiger partial charge in [0.1, 0.15) is 11.6 Å². The van der Waals surface area contributed by atoms with Gasteiger partial charge in [-0.15, -0.1) is 0 Å². The second kappa shape index (κ2) is 6.50. The van der Waals surface area contributed by atoms with Crippen LogP contribution in [0.25, 0.3) is 0 Å². The van der Waals surface area contributed by atoms with Crippen molar-refractivity contribution in [3.63, 3.8) is 0 Å². The first kappa shape index (κ1) is 15.2. The molecule has 1 amide bonds. The summed E-state index contributed by atoms with van der Waals surface area (Å²) in [6, 6.07) is 1.74. The third-order valence-electron chi connectivity index (χ3n) is 3.65. The molecule has 0 spiro atoms. The molecule has 1 atom stereocenters. The molecule has 0 aliphatic carbocycles. The fraction of sp³-hybridized carbons (Fsp3) is 0.500. The number of halogens is 3. The summed E-state index contributed by atoms with van der Waals surface area (Å²) >= 11 is 5.49. The SMILES string of the molecule is CN(C(=O)c1cc(F)c(Cl)cc1F)C1CCCNCC1. The molecule has 110 valence electrons. The first-order valence-electron chi connectivity index (χ1n) is 6.63. The molecular weight excluding hydrogens is 286 g/mol. The molecule has 1 fully saturated rings. The lowest BCUT2D eigenvalue weighted by molar-refractivity contribution is 0.0715. The van der Waals surface area contributed by atoms with Crippen molar-refractivity contribution in [2.24, 2.45) is 0 Å². The summed E-state index contributed by atoms with van der Waals surface area (Å²) in [7, 11) is 1.63. The molecule has 1 aromatic carbocycles. The van der Waals surface area contributed by atoms with Crippen molar-refractivity contribution < 1.29 is 13.6 Å². The van der Waals surface area contributed by atoms with Crippen molar-refractivity contribution in [1.29, 1.82) is 0 Å². The molecule has 0 bridgehead atoms. The number of carbonyl (C=O) groups excluding carboxylic acids is 1. The maximum atomic E-state index is 13.8. The van der Waals surface area contributed by atoms with Crippen LogP contribution in [0.15, 0.2) is 12.1 Å². The molecule has 20 heavy (non-hydrogen) atoms. The van der Waals surface area contributed by atoms with E-state index in [0.717, 1.165) is 44.5 Å². The zero-order valence-electron chi connectivity index (χ0n) is 11.3. The van der Waals surface area contributed by atoms with Crippen LogP contribution in [0.5, 0.6) is 0 Å². The third kappa shape index (κ3) is 3.27. The average molecular weight is 303 g/mol. The normalized spacial score (nSPS) is 19.5. The Labute approximate surface area is 121 Å². The van der Waals surface area contributed by atoms with Gasteiger partial charge < -0.3 is 10.2 Å². The van der Waals surface area contributed by atoms with Crippen molar-refractivity contribution in [1.82, 2.24) is 10.2 Å². The Kier molecular flexibility index (Phi) is 4.94. The molecule has 1 saturated heterocycles. The lowest BCUT2D eigenvalue weighted by atomic mass is 10.1.